The maximum absolute atomic E-state index is 13.7. The number of nitrogens with zero attached hydrogens (tertiary/aromatic N) is 2. The van der Waals surface area contributed by atoms with Gasteiger partial charge in [-0.15, -0.1) is 0 Å². The van der Waals surface area contributed by atoms with Crippen LogP contribution in [0.3, 0.4) is 0 Å². The Morgan fingerprint density at radius 2 is 1.86 bits per heavy atom. The van der Waals surface area contributed by atoms with Gasteiger partial charge in [-0.25, -0.2) is 9.79 Å². The Kier molecular flexibility index (Phi) is 6.99. The standard InChI is InChI=1S/C28H23BrN2O5S/c1-4-35-27(33)24-16(2)30-28-31(25(24)18-7-11-20(34-3)12-8-18)26(32)23(37-28)15-21-13-14-22(36-21)17-5-9-19(29)10-6-17/h5-15,25H,4H2,1-3H3/b23-15-/t25-/m0/s1. The van der Waals surface area contributed by atoms with Gasteiger partial charge in [0.2, 0.25) is 0 Å². The number of aromatic nitrogens is 1. The smallest absolute Gasteiger partial charge is 0.338 e. The van der Waals surface area contributed by atoms with E-state index < -0.39 is 12.0 Å². The van der Waals surface area contributed by atoms with Crippen LogP contribution < -0.4 is 19.6 Å². The van der Waals surface area contributed by atoms with Crippen LogP contribution in [-0.2, 0) is 9.53 Å². The van der Waals surface area contributed by atoms with Crippen molar-refractivity contribution < 1.29 is 18.7 Å². The van der Waals surface area contributed by atoms with Crippen LogP contribution >= 0.6 is 27.3 Å². The highest BCUT2D eigenvalue weighted by atomic mass is 79.9. The molecule has 1 atom stereocenters. The Hall–Kier alpha value is -3.69. The van der Waals surface area contributed by atoms with Crippen LogP contribution in [-0.4, -0.2) is 24.3 Å². The normalized spacial score (nSPS) is 15.4. The van der Waals surface area contributed by atoms with Crippen molar-refractivity contribution in [1.29, 1.82) is 0 Å². The minimum Gasteiger partial charge on any atom is -0.497 e. The Bertz CT molecular complexity index is 1680. The van der Waals surface area contributed by atoms with E-state index in [2.05, 4.69) is 20.9 Å². The van der Waals surface area contributed by atoms with Gasteiger partial charge in [0, 0.05) is 16.1 Å². The molecule has 0 radical (unpaired) electrons. The minimum absolute atomic E-state index is 0.217. The summed E-state index contributed by atoms with van der Waals surface area (Å²) in [6.07, 6.45) is 1.71. The monoisotopic (exact) mass is 578 g/mol. The van der Waals surface area contributed by atoms with Crippen LogP contribution in [0.4, 0.5) is 0 Å². The molecular formula is C28H23BrN2O5S. The molecule has 2 aromatic heterocycles. The van der Waals surface area contributed by atoms with Crippen molar-refractivity contribution in [2.45, 2.75) is 19.9 Å². The summed E-state index contributed by atoms with van der Waals surface area (Å²) < 4.78 is 19.6. The molecule has 0 unspecified atom stereocenters. The van der Waals surface area contributed by atoms with E-state index >= 15 is 0 Å². The number of esters is 1. The number of halogens is 1. The fourth-order valence-electron chi connectivity index (χ4n) is 4.22. The van der Waals surface area contributed by atoms with Gasteiger partial charge in [-0.3, -0.25) is 9.36 Å². The number of hydrogen-bond acceptors (Lipinski definition) is 7. The lowest BCUT2D eigenvalue weighted by Gasteiger charge is -2.24. The molecule has 0 bridgehead atoms. The molecule has 188 valence electrons. The van der Waals surface area contributed by atoms with Gasteiger partial charge in [-0.2, -0.15) is 0 Å². The minimum atomic E-state index is -0.682. The molecule has 5 rings (SSSR count). The molecule has 0 spiro atoms. The number of hydrogen-bond donors (Lipinski definition) is 0. The molecule has 9 heteroatoms. The topological polar surface area (TPSA) is 83.0 Å². The van der Waals surface area contributed by atoms with Crippen LogP contribution in [0.25, 0.3) is 17.4 Å². The molecule has 0 aliphatic carbocycles. The summed E-state index contributed by atoms with van der Waals surface area (Å²) in [7, 11) is 1.59. The molecule has 0 saturated carbocycles. The van der Waals surface area contributed by atoms with Gasteiger partial charge in [-0.05, 0) is 55.8 Å². The summed E-state index contributed by atoms with van der Waals surface area (Å²) >= 11 is 4.69. The van der Waals surface area contributed by atoms with Crippen LogP contribution in [0.15, 0.2) is 90.6 Å². The SMILES string of the molecule is CCOC(=O)C1=C(C)N=c2s/c(=C\c3ccc(-c4ccc(Br)cc4)o3)c(=O)n2[C@H]1c1ccc(OC)cc1. The zero-order chi connectivity index (χ0) is 26.1. The maximum atomic E-state index is 13.7. The number of furan rings is 1. The van der Waals surface area contributed by atoms with Gasteiger partial charge in [-0.1, -0.05) is 51.5 Å². The Labute approximate surface area is 225 Å². The zero-order valence-electron chi connectivity index (χ0n) is 20.4. The van der Waals surface area contributed by atoms with Crippen molar-refractivity contribution in [2.24, 2.45) is 4.99 Å². The second-order valence-electron chi connectivity index (χ2n) is 8.28. The number of ether oxygens (including phenoxy) is 2. The first-order chi connectivity index (χ1) is 17.9. The van der Waals surface area contributed by atoms with Gasteiger partial charge in [0.25, 0.3) is 5.56 Å². The highest BCUT2D eigenvalue weighted by molar-refractivity contribution is 9.10. The zero-order valence-corrected chi connectivity index (χ0v) is 22.8. The lowest BCUT2D eigenvalue weighted by molar-refractivity contribution is -0.139. The summed E-state index contributed by atoms with van der Waals surface area (Å²) in [5, 5.41) is 0. The van der Waals surface area contributed by atoms with Crippen LogP contribution in [0.2, 0.25) is 0 Å². The third kappa shape index (κ3) is 4.84. The molecule has 0 fully saturated rings. The summed E-state index contributed by atoms with van der Waals surface area (Å²) in [5.41, 5.74) is 2.27. The van der Waals surface area contributed by atoms with E-state index in [0.717, 1.165) is 15.6 Å². The van der Waals surface area contributed by atoms with E-state index in [1.54, 1.807) is 43.7 Å². The first-order valence-electron chi connectivity index (χ1n) is 11.6. The van der Waals surface area contributed by atoms with E-state index in [1.807, 2.05) is 48.5 Å². The van der Waals surface area contributed by atoms with Crippen LogP contribution in [0.1, 0.15) is 31.2 Å². The van der Waals surface area contributed by atoms with Crippen molar-refractivity contribution in [2.75, 3.05) is 13.7 Å². The van der Waals surface area contributed by atoms with Gasteiger partial charge in [0.15, 0.2) is 4.80 Å². The van der Waals surface area contributed by atoms with E-state index in [0.29, 0.717) is 37.9 Å². The summed E-state index contributed by atoms with van der Waals surface area (Å²) in [6.45, 7) is 3.72. The second-order valence-corrected chi connectivity index (χ2v) is 10.2. The number of fused-ring (bicyclic) bond motifs is 1. The van der Waals surface area contributed by atoms with Crippen molar-refractivity contribution in [3.05, 3.63) is 107 Å². The van der Waals surface area contributed by atoms with E-state index in [9.17, 15) is 9.59 Å². The summed E-state index contributed by atoms with van der Waals surface area (Å²) in [4.78, 5) is 31.8. The van der Waals surface area contributed by atoms with Gasteiger partial charge in [0.05, 0.1) is 35.6 Å². The predicted octanol–water partition coefficient (Wildman–Crippen LogP) is 4.83. The van der Waals surface area contributed by atoms with E-state index in [-0.39, 0.29) is 12.2 Å². The number of methoxy groups -OCH3 is 1. The van der Waals surface area contributed by atoms with Gasteiger partial charge >= 0.3 is 5.97 Å². The van der Waals surface area contributed by atoms with Crippen LogP contribution in [0.5, 0.6) is 5.75 Å². The highest BCUT2D eigenvalue weighted by Gasteiger charge is 2.33. The Balaban J connectivity index is 1.62. The molecule has 0 amide bonds. The van der Waals surface area contributed by atoms with Crippen molar-refractivity contribution in [3.8, 4) is 17.1 Å². The molecule has 1 aliphatic heterocycles. The molecular weight excluding hydrogens is 556 g/mol. The van der Waals surface area contributed by atoms with Crippen molar-refractivity contribution in [1.82, 2.24) is 4.57 Å². The number of carbonyl (C=O) groups is 1. The number of rotatable bonds is 6. The number of benzene rings is 2. The average Bonchev–Trinajstić information content (AvgIpc) is 3.48. The molecule has 1 aliphatic rings. The third-order valence-corrected chi connectivity index (χ3v) is 7.49. The van der Waals surface area contributed by atoms with Crippen molar-refractivity contribution in [3.63, 3.8) is 0 Å². The van der Waals surface area contributed by atoms with Crippen LogP contribution in [0, 0.1) is 0 Å². The molecule has 2 aromatic carbocycles. The lowest BCUT2D eigenvalue weighted by Crippen LogP contribution is -2.39. The molecule has 7 nitrogen and oxygen atoms in total. The molecule has 0 N–H and O–H groups in total. The molecule has 3 heterocycles. The fourth-order valence-corrected chi connectivity index (χ4v) is 5.51. The van der Waals surface area contributed by atoms with E-state index in [1.165, 1.54) is 11.3 Å². The molecule has 37 heavy (non-hydrogen) atoms. The Morgan fingerprint density at radius 3 is 2.54 bits per heavy atom. The van der Waals surface area contributed by atoms with Crippen molar-refractivity contribution >= 4 is 39.3 Å². The highest BCUT2D eigenvalue weighted by Crippen LogP contribution is 2.31. The maximum Gasteiger partial charge on any atom is 0.338 e. The third-order valence-electron chi connectivity index (χ3n) is 5.98. The fraction of sp³-hybridized carbons (Fsp3) is 0.179. The van der Waals surface area contributed by atoms with Gasteiger partial charge in [0.1, 0.15) is 17.3 Å². The number of carbonyl (C=O) groups excluding carboxylic acids is 1. The predicted molar refractivity (Wildman–Crippen MR) is 145 cm³/mol. The first-order valence-corrected chi connectivity index (χ1v) is 13.2. The number of allylic oxidation sites excluding steroid dienone is 1. The Morgan fingerprint density at radius 1 is 1.14 bits per heavy atom. The average molecular weight is 579 g/mol. The second kappa shape index (κ2) is 10.4. The lowest BCUT2D eigenvalue weighted by atomic mass is 9.96. The van der Waals surface area contributed by atoms with E-state index in [4.69, 9.17) is 13.9 Å². The molecule has 4 aromatic rings. The largest absolute Gasteiger partial charge is 0.497 e. The van der Waals surface area contributed by atoms with Gasteiger partial charge < -0.3 is 13.9 Å². The first kappa shape index (κ1) is 25.0. The summed E-state index contributed by atoms with van der Waals surface area (Å²) in [5.74, 6) is 1.42. The number of thiazole rings is 1. The molecule has 0 saturated heterocycles. The summed E-state index contributed by atoms with van der Waals surface area (Å²) in [6, 6.07) is 18.1. The quantitative estimate of drug-likeness (QED) is 0.306.